The van der Waals surface area contributed by atoms with Crippen LogP contribution in [0.15, 0.2) is 35.4 Å². The summed E-state index contributed by atoms with van der Waals surface area (Å²) in [5.41, 5.74) is 3.74. The van der Waals surface area contributed by atoms with E-state index in [2.05, 4.69) is 0 Å². The second kappa shape index (κ2) is 14.9. The molecule has 2 aromatic carbocycles. The number of hydrogen-bond acceptors (Lipinski definition) is 8. The van der Waals surface area contributed by atoms with Crippen molar-refractivity contribution < 1.29 is 38.1 Å². The standard InChI is InChI=1S/C31H36O8/c1-5-36-27-16-21(13-23(9-11-32)26(27)10-12-33)14-24-19-35-20-25(30(24)34)15-22-17-28(37-6-2)31(39-8-4)29(18-22)38-7-3/h11-18H,5-10,19-20H2,1-4H3/b24-14+,25-15+. The predicted octanol–water partition coefficient (Wildman–Crippen LogP) is 4.83. The lowest BCUT2D eigenvalue weighted by Crippen LogP contribution is -2.22. The minimum absolute atomic E-state index is 0.137. The summed E-state index contributed by atoms with van der Waals surface area (Å²) < 4.78 is 28.9. The van der Waals surface area contributed by atoms with Crippen LogP contribution >= 0.6 is 0 Å². The molecule has 1 aliphatic heterocycles. The van der Waals surface area contributed by atoms with Gasteiger partial charge in [0.25, 0.3) is 0 Å². The zero-order valence-electron chi connectivity index (χ0n) is 23.0. The third kappa shape index (κ3) is 7.57. The first-order chi connectivity index (χ1) is 19.0. The first kappa shape index (κ1) is 29.6. The van der Waals surface area contributed by atoms with E-state index in [-0.39, 0.29) is 31.8 Å². The minimum atomic E-state index is -0.141. The van der Waals surface area contributed by atoms with Crippen molar-refractivity contribution in [2.45, 2.75) is 40.5 Å². The molecule has 0 aliphatic carbocycles. The van der Waals surface area contributed by atoms with Crippen molar-refractivity contribution >= 4 is 30.5 Å². The number of rotatable bonds is 14. The van der Waals surface area contributed by atoms with Gasteiger partial charge in [0.05, 0.1) is 39.6 Å². The summed E-state index contributed by atoms with van der Waals surface area (Å²) in [7, 11) is 0. The molecule has 0 atom stereocenters. The number of ether oxygens (including phenoxy) is 5. The molecule has 0 aromatic heterocycles. The smallest absolute Gasteiger partial charge is 0.203 e. The zero-order chi connectivity index (χ0) is 28.2. The Morgan fingerprint density at radius 1 is 0.692 bits per heavy atom. The molecule has 3 rings (SSSR count). The van der Waals surface area contributed by atoms with E-state index in [4.69, 9.17) is 23.7 Å². The molecule has 1 saturated heterocycles. The van der Waals surface area contributed by atoms with Crippen molar-refractivity contribution in [2.75, 3.05) is 39.6 Å². The van der Waals surface area contributed by atoms with Gasteiger partial charge in [0, 0.05) is 29.6 Å². The third-order valence-electron chi connectivity index (χ3n) is 5.93. The van der Waals surface area contributed by atoms with Crippen molar-refractivity contribution in [3.8, 4) is 23.0 Å². The van der Waals surface area contributed by atoms with Gasteiger partial charge in [0.2, 0.25) is 5.75 Å². The van der Waals surface area contributed by atoms with Gasteiger partial charge in [-0.1, -0.05) is 6.07 Å². The van der Waals surface area contributed by atoms with Crippen molar-refractivity contribution in [1.29, 1.82) is 0 Å². The quantitative estimate of drug-likeness (QED) is 0.250. The molecule has 0 amide bonds. The number of benzene rings is 2. The Bertz CT molecular complexity index is 1210. The summed E-state index contributed by atoms with van der Waals surface area (Å²) in [6.07, 6.45) is 5.36. The third-order valence-corrected chi connectivity index (χ3v) is 5.93. The van der Waals surface area contributed by atoms with Gasteiger partial charge < -0.3 is 33.3 Å². The lowest BCUT2D eigenvalue weighted by molar-refractivity contribution is -0.114. The highest BCUT2D eigenvalue weighted by molar-refractivity contribution is 6.14. The maximum atomic E-state index is 13.5. The monoisotopic (exact) mass is 536 g/mol. The molecule has 0 bridgehead atoms. The molecule has 1 aliphatic rings. The average molecular weight is 537 g/mol. The van der Waals surface area contributed by atoms with Gasteiger partial charge in [-0.3, -0.25) is 4.79 Å². The van der Waals surface area contributed by atoms with Gasteiger partial charge in [-0.05, 0) is 74.7 Å². The molecule has 0 unspecified atom stereocenters. The minimum Gasteiger partial charge on any atom is -0.494 e. The van der Waals surface area contributed by atoms with E-state index in [9.17, 15) is 14.4 Å². The second-order valence-corrected chi connectivity index (χ2v) is 8.64. The molecule has 8 nitrogen and oxygen atoms in total. The van der Waals surface area contributed by atoms with Crippen molar-refractivity contribution in [2.24, 2.45) is 0 Å². The van der Waals surface area contributed by atoms with Gasteiger partial charge >= 0.3 is 0 Å². The number of Topliss-reactive ketones (excluding diaryl/α,β-unsaturated/α-hetero) is 1. The largest absolute Gasteiger partial charge is 0.494 e. The summed E-state index contributed by atoms with van der Waals surface area (Å²) in [5.74, 6) is 2.00. The molecule has 1 heterocycles. The van der Waals surface area contributed by atoms with Crippen molar-refractivity contribution in [3.63, 3.8) is 0 Å². The van der Waals surface area contributed by atoms with Crippen molar-refractivity contribution in [1.82, 2.24) is 0 Å². The highest BCUT2D eigenvalue weighted by Crippen LogP contribution is 2.40. The fraction of sp³-hybridized carbons (Fsp3) is 0.387. The van der Waals surface area contributed by atoms with E-state index in [0.29, 0.717) is 77.3 Å². The van der Waals surface area contributed by atoms with E-state index in [1.807, 2.05) is 45.9 Å². The van der Waals surface area contributed by atoms with Gasteiger partial charge in [-0.2, -0.15) is 0 Å². The Labute approximate surface area is 229 Å². The van der Waals surface area contributed by atoms with E-state index in [1.165, 1.54) is 0 Å². The number of ketones is 1. The van der Waals surface area contributed by atoms with Gasteiger partial charge in [0.15, 0.2) is 17.3 Å². The molecule has 208 valence electrons. The van der Waals surface area contributed by atoms with Crippen LogP contribution in [0.3, 0.4) is 0 Å². The molecule has 0 spiro atoms. The number of carbonyl (C=O) groups is 3. The first-order valence-corrected chi connectivity index (χ1v) is 13.2. The van der Waals surface area contributed by atoms with E-state index >= 15 is 0 Å². The molecule has 2 aromatic rings. The van der Waals surface area contributed by atoms with Gasteiger partial charge in [-0.15, -0.1) is 0 Å². The summed E-state index contributed by atoms with van der Waals surface area (Å²) in [5, 5.41) is 0. The highest BCUT2D eigenvalue weighted by atomic mass is 16.5. The topological polar surface area (TPSA) is 97.4 Å². The van der Waals surface area contributed by atoms with E-state index < -0.39 is 0 Å². The van der Waals surface area contributed by atoms with Crippen LogP contribution in [0.25, 0.3) is 12.2 Å². The Morgan fingerprint density at radius 3 is 1.69 bits per heavy atom. The van der Waals surface area contributed by atoms with Crippen LogP contribution in [0.4, 0.5) is 0 Å². The summed E-state index contributed by atoms with van der Waals surface area (Å²) in [6, 6.07) is 7.23. The van der Waals surface area contributed by atoms with Crippen LogP contribution < -0.4 is 18.9 Å². The van der Waals surface area contributed by atoms with Crippen LogP contribution in [0.5, 0.6) is 23.0 Å². The van der Waals surface area contributed by atoms with Crippen LogP contribution in [-0.4, -0.2) is 58.0 Å². The Hall–Kier alpha value is -3.91. The van der Waals surface area contributed by atoms with Gasteiger partial charge in [-0.25, -0.2) is 0 Å². The van der Waals surface area contributed by atoms with E-state index in [1.54, 1.807) is 18.2 Å². The summed E-state index contributed by atoms with van der Waals surface area (Å²) >= 11 is 0. The molecule has 0 saturated carbocycles. The highest BCUT2D eigenvalue weighted by Gasteiger charge is 2.23. The molecule has 0 N–H and O–H groups in total. The molecule has 1 fully saturated rings. The second-order valence-electron chi connectivity index (χ2n) is 8.64. The SMILES string of the molecule is CCOc1cc(/C=C2\COC/C(=C\c3cc(OCC)c(OCC)c(OCC)c3)C2=O)cc(CC=O)c1CC=O. The maximum Gasteiger partial charge on any atom is 0.203 e. The average Bonchev–Trinajstić information content (AvgIpc) is 2.91. The molecule has 0 radical (unpaired) electrons. The zero-order valence-corrected chi connectivity index (χ0v) is 23.0. The first-order valence-electron chi connectivity index (χ1n) is 13.2. The fourth-order valence-electron chi connectivity index (χ4n) is 4.40. The number of aldehydes is 2. The lowest BCUT2D eigenvalue weighted by Gasteiger charge is -2.19. The van der Waals surface area contributed by atoms with Crippen LogP contribution in [0.2, 0.25) is 0 Å². The lowest BCUT2D eigenvalue weighted by atomic mass is 9.94. The van der Waals surface area contributed by atoms with Gasteiger partial charge in [0.1, 0.15) is 18.3 Å². The fourth-order valence-corrected chi connectivity index (χ4v) is 4.40. The maximum absolute atomic E-state index is 13.5. The normalized spacial score (nSPS) is 15.3. The molecule has 8 heteroatoms. The number of hydrogen-bond donors (Lipinski definition) is 0. The molecule has 39 heavy (non-hydrogen) atoms. The van der Waals surface area contributed by atoms with Crippen LogP contribution in [-0.2, 0) is 32.0 Å². The number of carbonyl (C=O) groups excluding carboxylic acids is 3. The van der Waals surface area contributed by atoms with Crippen molar-refractivity contribution in [3.05, 3.63) is 57.7 Å². The van der Waals surface area contributed by atoms with Crippen LogP contribution in [0.1, 0.15) is 49.9 Å². The predicted molar refractivity (Wildman–Crippen MR) is 149 cm³/mol. The Kier molecular flexibility index (Phi) is 11.3. The van der Waals surface area contributed by atoms with E-state index in [0.717, 1.165) is 18.1 Å². The molecular weight excluding hydrogens is 500 g/mol. The Morgan fingerprint density at radius 2 is 1.18 bits per heavy atom. The summed E-state index contributed by atoms with van der Waals surface area (Å²) in [6.45, 7) is 9.58. The summed E-state index contributed by atoms with van der Waals surface area (Å²) in [4.78, 5) is 36.0. The van der Waals surface area contributed by atoms with Crippen LogP contribution in [0, 0.1) is 0 Å². The molecular formula is C31H36O8. The Balaban J connectivity index is 2.02.